The van der Waals surface area contributed by atoms with Crippen molar-refractivity contribution in [2.45, 2.75) is 51.7 Å². The van der Waals surface area contributed by atoms with Gasteiger partial charge in [0.2, 0.25) is 0 Å². The summed E-state index contributed by atoms with van der Waals surface area (Å²) in [6.45, 7) is 5.90. The van der Waals surface area contributed by atoms with Crippen LogP contribution < -0.4 is 0 Å². The molecule has 0 amide bonds. The smallest absolute Gasteiger partial charge is 0.308 e. The van der Waals surface area contributed by atoms with Gasteiger partial charge in [0, 0.05) is 6.42 Å². The lowest BCUT2D eigenvalue weighted by Crippen LogP contribution is -2.44. The van der Waals surface area contributed by atoms with Crippen LogP contribution in [0.4, 0.5) is 0 Å². The Morgan fingerprint density at radius 2 is 2.31 bits per heavy atom. The molecule has 0 aromatic carbocycles. The Morgan fingerprint density at radius 1 is 1.69 bits per heavy atom. The van der Waals surface area contributed by atoms with Gasteiger partial charge in [0.15, 0.2) is 0 Å². The molecule has 0 aliphatic carbocycles. The summed E-state index contributed by atoms with van der Waals surface area (Å²) in [5.41, 5.74) is -0.829. The van der Waals surface area contributed by atoms with Crippen LogP contribution in [0, 0.1) is 5.92 Å². The van der Waals surface area contributed by atoms with Crippen molar-refractivity contribution in [3.05, 3.63) is 0 Å². The van der Waals surface area contributed by atoms with E-state index in [0.717, 1.165) is 0 Å². The Kier molecular flexibility index (Phi) is 2.96. The Hall–Kier alpha value is -0.570. The van der Waals surface area contributed by atoms with Crippen molar-refractivity contribution in [1.82, 2.24) is 0 Å². The van der Waals surface area contributed by atoms with Crippen molar-refractivity contribution < 1.29 is 14.6 Å². The molecule has 1 N–H and O–H groups in total. The van der Waals surface area contributed by atoms with E-state index in [-0.39, 0.29) is 24.4 Å². The maximum Gasteiger partial charge on any atom is 0.308 e. The zero-order valence-electron chi connectivity index (χ0n) is 8.54. The van der Waals surface area contributed by atoms with Crippen LogP contribution in [0.3, 0.4) is 0 Å². The predicted octanol–water partition coefficient (Wildman–Crippen LogP) is 1.49. The van der Waals surface area contributed by atoms with E-state index in [1.807, 2.05) is 20.8 Å². The highest BCUT2D eigenvalue weighted by Crippen LogP contribution is 2.31. The van der Waals surface area contributed by atoms with Gasteiger partial charge in [-0.1, -0.05) is 20.8 Å². The minimum Gasteiger partial charge on any atom is -0.462 e. The van der Waals surface area contributed by atoms with Crippen LogP contribution in [0.25, 0.3) is 0 Å². The van der Waals surface area contributed by atoms with E-state index in [1.54, 1.807) is 0 Å². The largest absolute Gasteiger partial charge is 0.462 e. The fourth-order valence-electron chi connectivity index (χ4n) is 1.61. The van der Waals surface area contributed by atoms with E-state index in [1.165, 1.54) is 0 Å². The molecule has 1 heterocycles. The van der Waals surface area contributed by atoms with Crippen molar-refractivity contribution >= 4 is 5.97 Å². The zero-order valence-corrected chi connectivity index (χ0v) is 8.54. The Balaban J connectivity index is 2.68. The first-order chi connectivity index (χ1) is 5.97. The number of esters is 1. The number of hydrogen-bond acceptors (Lipinski definition) is 3. The topological polar surface area (TPSA) is 46.5 Å². The molecule has 1 saturated heterocycles. The third-order valence-corrected chi connectivity index (χ3v) is 2.74. The van der Waals surface area contributed by atoms with Gasteiger partial charge in [0.25, 0.3) is 0 Å². The number of hydrogen-bond donors (Lipinski definition) is 1. The Labute approximate surface area is 79.1 Å². The second-order valence-corrected chi connectivity index (χ2v) is 4.23. The first kappa shape index (κ1) is 10.5. The summed E-state index contributed by atoms with van der Waals surface area (Å²) >= 11 is 0. The van der Waals surface area contributed by atoms with Crippen molar-refractivity contribution in [3.8, 4) is 0 Å². The fourth-order valence-corrected chi connectivity index (χ4v) is 1.61. The molecule has 76 valence electrons. The van der Waals surface area contributed by atoms with Crippen LogP contribution in [0.1, 0.15) is 40.0 Å². The molecule has 1 aliphatic heterocycles. The normalized spacial score (nSPS) is 34.8. The van der Waals surface area contributed by atoms with E-state index >= 15 is 0 Å². The summed E-state index contributed by atoms with van der Waals surface area (Å²) in [6, 6.07) is 0. The lowest BCUT2D eigenvalue weighted by Gasteiger charge is -2.36. The van der Waals surface area contributed by atoms with E-state index in [0.29, 0.717) is 12.8 Å². The molecule has 0 spiro atoms. The van der Waals surface area contributed by atoms with Gasteiger partial charge in [-0.2, -0.15) is 0 Å². The number of carbonyl (C=O) groups excluding carboxylic acids is 1. The van der Waals surface area contributed by atoms with Crippen molar-refractivity contribution in [3.63, 3.8) is 0 Å². The van der Waals surface area contributed by atoms with Gasteiger partial charge in [-0.15, -0.1) is 0 Å². The summed E-state index contributed by atoms with van der Waals surface area (Å²) in [4.78, 5) is 11.2. The molecule has 2 atom stereocenters. The van der Waals surface area contributed by atoms with Crippen LogP contribution in [-0.2, 0) is 9.53 Å². The second kappa shape index (κ2) is 3.66. The number of cyclic esters (lactones) is 1. The highest BCUT2D eigenvalue weighted by Gasteiger charge is 2.39. The third kappa shape index (κ3) is 2.44. The molecule has 0 aromatic rings. The number of rotatable bonds is 2. The average molecular weight is 186 g/mol. The van der Waals surface area contributed by atoms with Gasteiger partial charge in [0.05, 0.1) is 12.0 Å². The Bertz CT molecular complexity index is 200. The minimum atomic E-state index is -0.829. The zero-order chi connectivity index (χ0) is 10.1. The molecular weight excluding hydrogens is 168 g/mol. The maximum absolute atomic E-state index is 11.2. The van der Waals surface area contributed by atoms with Crippen LogP contribution >= 0.6 is 0 Å². The monoisotopic (exact) mass is 186 g/mol. The number of carbonyl (C=O) groups is 1. The van der Waals surface area contributed by atoms with E-state index < -0.39 is 5.60 Å². The van der Waals surface area contributed by atoms with Crippen molar-refractivity contribution in [2.24, 2.45) is 5.92 Å². The summed E-state index contributed by atoms with van der Waals surface area (Å²) in [5, 5.41) is 9.97. The Morgan fingerprint density at radius 3 is 2.77 bits per heavy atom. The molecule has 0 aromatic heterocycles. The van der Waals surface area contributed by atoms with Gasteiger partial charge in [-0.25, -0.2) is 0 Å². The van der Waals surface area contributed by atoms with Crippen LogP contribution in [-0.4, -0.2) is 22.8 Å². The molecule has 3 nitrogen and oxygen atoms in total. The quantitative estimate of drug-likeness (QED) is 0.664. The molecular formula is C10H18O3. The van der Waals surface area contributed by atoms with Gasteiger partial charge < -0.3 is 9.84 Å². The average Bonchev–Trinajstić information content (AvgIpc) is 2.03. The van der Waals surface area contributed by atoms with Crippen LogP contribution in [0.5, 0.6) is 0 Å². The van der Waals surface area contributed by atoms with Gasteiger partial charge in [0.1, 0.15) is 6.10 Å². The van der Waals surface area contributed by atoms with Gasteiger partial charge in [-0.05, 0) is 12.3 Å². The van der Waals surface area contributed by atoms with Gasteiger partial charge in [-0.3, -0.25) is 4.79 Å². The summed E-state index contributed by atoms with van der Waals surface area (Å²) in [5.74, 6) is 0.0108. The summed E-state index contributed by atoms with van der Waals surface area (Å²) < 4.78 is 5.15. The molecule has 13 heavy (non-hydrogen) atoms. The fraction of sp³-hybridized carbons (Fsp3) is 0.900. The lowest BCUT2D eigenvalue weighted by molar-refractivity contribution is -0.174. The van der Waals surface area contributed by atoms with Crippen LogP contribution in [0.15, 0.2) is 0 Å². The molecule has 2 unspecified atom stereocenters. The number of ether oxygens (including phenoxy) is 1. The third-order valence-electron chi connectivity index (χ3n) is 2.74. The molecule has 1 rings (SSSR count). The SMILES string of the molecule is CCC1(O)CC(=O)OC(C(C)C)C1. The molecule has 0 radical (unpaired) electrons. The van der Waals surface area contributed by atoms with E-state index in [9.17, 15) is 9.90 Å². The highest BCUT2D eigenvalue weighted by atomic mass is 16.5. The first-order valence-corrected chi connectivity index (χ1v) is 4.89. The lowest BCUT2D eigenvalue weighted by atomic mass is 9.84. The van der Waals surface area contributed by atoms with E-state index in [2.05, 4.69) is 0 Å². The minimum absolute atomic E-state index is 0.119. The second-order valence-electron chi connectivity index (χ2n) is 4.23. The number of aliphatic hydroxyl groups is 1. The summed E-state index contributed by atoms with van der Waals surface area (Å²) in [6.07, 6.45) is 1.22. The molecule has 0 bridgehead atoms. The standard InChI is InChI=1S/C10H18O3/c1-4-10(12)5-8(7(2)3)13-9(11)6-10/h7-8,12H,4-6H2,1-3H3. The molecule has 1 aliphatic rings. The summed E-state index contributed by atoms with van der Waals surface area (Å²) in [7, 11) is 0. The highest BCUT2D eigenvalue weighted by molar-refractivity contribution is 5.71. The van der Waals surface area contributed by atoms with Crippen molar-refractivity contribution in [2.75, 3.05) is 0 Å². The molecule has 1 fully saturated rings. The maximum atomic E-state index is 11.2. The van der Waals surface area contributed by atoms with Gasteiger partial charge >= 0.3 is 5.97 Å². The molecule has 3 heteroatoms. The predicted molar refractivity (Wildman–Crippen MR) is 49.2 cm³/mol. The van der Waals surface area contributed by atoms with Crippen molar-refractivity contribution in [1.29, 1.82) is 0 Å². The van der Waals surface area contributed by atoms with E-state index in [4.69, 9.17) is 4.74 Å². The first-order valence-electron chi connectivity index (χ1n) is 4.89. The van der Waals surface area contributed by atoms with Crippen LogP contribution in [0.2, 0.25) is 0 Å². The molecule has 0 saturated carbocycles.